The third kappa shape index (κ3) is 5.14. The number of allylic oxidation sites excluding steroid dienone is 4. The molecule has 4 heterocycles. The standard InChI is InChI=1S/C31H36N4O2S/c1-20(15-24-10-9-21(2)38-24)32-26-7-5-8-29(36)30(26)28-17-22-16-25-23(18-27(22)33-28)19-35(31(25)37)14-6-13-34-11-3-4-12-34/h5,7,9-10,16,18,20,33H,3-4,6,8,11-15,17,19H2,1-2H3. The van der Waals surface area contributed by atoms with Crippen LogP contribution in [-0.4, -0.2) is 59.4 Å². The minimum absolute atomic E-state index is 0.0795. The van der Waals surface area contributed by atoms with E-state index in [1.54, 1.807) is 11.3 Å². The lowest BCUT2D eigenvalue weighted by Crippen LogP contribution is -2.29. The molecular weight excluding hydrogens is 492 g/mol. The van der Waals surface area contributed by atoms with Crippen molar-refractivity contribution in [3.8, 4) is 0 Å². The Bertz CT molecular complexity index is 1360. The van der Waals surface area contributed by atoms with Crippen LogP contribution in [0.15, 0.2) is 52.7 Å². The van der Waals surface area contributed by atoms with Gasteiger partial charge in [-0.25, -0.2) is 0 Å². The van der Waals surface area contributed by atoms with Gasteiger partial charge >= 0.3 is 0 Å². The first-order valence-electron chi connectivity index (χ1n) is 14.0. The highest BCUT2D eigenvalue weighted by Gasteiger charge is 2.32. The molecule has 2 aromatic rings. The summed E-state index contributed by atoms with van der Waals surface area (Å²) in [5.41, 5.74) is 6.38. The summed E-state index contributed by atoms with van der Waals surface area (Å²) in [7, 11) is 0. The highest BCUT2D eigenvalue weighted by Crippen LogP contribution is 2.36. The van der Waals surface area contributed by atoms with Crippen LogP contribution in [0.2, 0.25) is 0 Å². The lowest BCUT2D eigenvalue weighted by Gasteiger charge is -2.19. The molecule has 1 N–H and O–H groups in total. The number of anilines is 1. The molecule has 0 spiro atoms. The SMILES string of the molecule is Cc1ccc(CC(C)N=C2C=CCC(=O)C2=C2Cc3cc4c(cc3N2)CN(CCCN2CCCC2)C4=O)s1. The number of carbonyl (C=O) groups is 2. The number of aryl methyl sites for hydroxylation is 1. The molecule has 198 valence electrons. The number of hydrogen-bond donors (Lipinski definition) is 1. The van der Waals surface area contributed by atoms with Crippen molar-refractivity contribution in [3.63, 3.8) is 0 Å². The summed E-state index contributed by atoms with van der Waals surface area (Å²) >= 11 is 1.81. The van der Waals surface area contributed by atoms with E-state index < -0.39 is 0 Å². The van der Waals surface area contributed by atoms with Gasteiger partial charge in [0, 0.05) is 59.1 Å². The zero-order valence-electron chi connectivity index (χ0n) is 22.4. The molecule has 1 unspecified atom stereocenters. The van der Waals surface area contributed by atoms with E-state index in [-0.39, 0.29) is 17.7 Å². The predicted octanol–water partition coefficient (Wildman–Crippen LogP) is 5.32. The molecule has 1 saturated heterocycles. The maximum Gasteiger partial charge on any atom is 0.254 e. The third-order valence-electron chi connectivity index (χ3n) is 8.03. The molecule has 1 aromatic carbocycles. The number of carbonyl (C=O) groups excluding carboxylic acids is 2. The van der Waals surface area contributed by atoms with Crippen LogP contribution in [0.5, 0.6) is 0 Å². The first-order valence-corrected chi connectivity index (χ1v) is 14.8. The molecule has 1 aromatic heterocycles. The molecule has 4 aliphatic rings. The van der Waals surface area contributed by atoms with E-state index in [0.717, 1.165) is 59.7 Å². The van der Waals surface area contributed by atoms with Gasteiger partial charge in [-0.2, -0.15) is 0 Å². The Balaban J connectivity index is 1.17. The number of benzene rings is 1. The molecule has 3 aliphatic heterocycles. The molecule has 7 heteroatoms. The van der Waals surface area contributed by atoms with Crippen molar-refractivity contribution in [2.75, 3.05) is 31.5 Å². The Hall–Kier alpha value is -3.03. The number of amides is 1. The van der Waals surface area contributed by atoms with E-state index in [9.17, 15) is 9.59 Å². The average Bonchev–Trinajstić information content (AvgIpc) is 3.67. The van der Waals surface area contributed by atoms with Crippen LogP contribution in [0.1, 0.15) is 63.8 Å². The summed E-state index contributed by atoms with van der Waals surface area (Å²) in [6.45, 7) is 9.18. The molecule has 6 nitrogen and oxygen atoms in total. The number of Topliss-reactive ketones (excluding diaryl/α,β-unsaturated/α-hetero) is 1. The van der Waals surface area contributed by atoms with Crippen LogP contribution in [0, 0.1) is 6.92 Å². The number of fused-ring (bicyclic) bond motifs is 2. The molecule has 0 radical (unpaired) electrons. The second kappa shape index (κ2) is 10.6. The second-order valence-electron chi connectivity index (χ2n) is 11.1. The number of rotatable bonds is 7. The van der Waals surface area contributed by atoms with E-state index >= 15 is 0 Å². The van der Waals surface area contributed by atoms with E-state index in [1.807, 2.05) is 17.1 Å². The Labute approximate surface area is 229 Å². The monoisotopic (exact) mass is 528 g/mol. The van der Waals surface area contributed by atoms with Gasteiger partial charge in [-0.3, -0.25) is 14.6 Å². The molecule has 1 amide bonds. The molecule has 38 heavy (non-hydrogen) atoms. The normalized spacial score (nSPS) is 22.9. The molecule has 6 rings (SSSR count). The van der Waals surface area contributed by atoms with Gasteiger partial charge < -0.3 is 15.1 Å². The van der Waals surface area contributed by atoms with Gasteiger partial charge in [-0.05, 0) is 94.2 Å². The highest BCUT2D eigenvalue weighted by atomic mass is 32.1. The number of nitrogens with zero attached hydrogens (tertiary/aromatic N) is 3. The summed E-state index contributed by atoms with van der Waals surface area (Å²) < 4.78 is 0. The van der Waals surface area contributed by atoms with Crippen molar-refractivity contribution in [1.82, 2.24) is 9.80 Å². The van der Waals surface area contributed by atoms with Gasteiger partial charge in [0.05, 0.1) is 17.3 Å². The number of thiophene rings is 1. The van der Waals surface area contributed by atoms with Crippen LogP contribution < -0.4 is 5.32 Å². The van der Waals surface area contributed by atoms with Crippen molar-refractivity contribution in [2.45, 2.75) is 65.0 Å². The van der Waals surface area contributed by atoms with Crippen molar-refractivity contribution < 1.29 is 9.59 Å². The Kier molecular flexibility index (Phi) is 7.06. The predicted molar refractivity (Wildman–Crippen MR) is 154 cm³/mol. The van der Waals surface area contributed by atoms with Crippen LogP contribution in [0.25, 0.3) is 0 Å². The van der Waals surface area contributed by atoms with Gasteiger partial charge in [0.2, 0.25) is 0 Å². The zero-order valence-corrected chi connectivity index (χ0v) is 23.2. The van der Waals surface area contributed by atoms with Gasteiger partial charge in [-0.15, -0.1) is 11.3 Å². The first kappa shape index (κ1) is 25.3. The molecule has 0 bridgehead atoms. The Morgan fingerprint density at radius 2 is 1.95 bits per heavy atom. The summed E-state index contributed by atoms with van der Waals surface area (Å²) in [5, 5.41) is 3.54. The topological polar surface area (TPSA) is 65.0 Å². The maximum absolute atomic E-state index is 13.2. The second-order valence-corrected chi connectivity index (χ2v) is 12.4. The minimum Gasteiger partial charge on any atom is -0.358 e. The van der Waals surface area contributed by atoms with Crippen molar-refractivity contribution in [1.29, 1.82) is 0 Å². The Morgan fingerprint density at radius 1 is 1.11 bits per heavy atom. The highest BCUT2D eigenvalue weighted by molar-refractivity contribution is 7.11. The zero-order chi connectivity index (χ0) is 26.2. The molecule has 0 saturated carbocycles. The molecular formula is C31H36N4O2S. The number of hydrogen-bond acceptors (Lipinski definition) is 6. The van der Waals surface area contributed by atoms with Crippen LogP contribution >= 0.6 is 11.3 Å². The largest absolute Gasteiger partial charge is 0.358 e. The van der Waals surface area contributed by atoms with Gasteiger partial charge in [0.25, 0.3) is 5.91 Å². The van der Waals surface area contributed by atoms with E-state index in [0.29, 0.717) is 25.0 Å². The van der Waals surface area contributed by atoms with E-state index in [4.69, 9.17) is 4.99 Å². The number of ketones is 1. The minimum atomic E-state index is 0.0795. The summed E-state index contributed by atoms with van der Waals surface area (Å²) in [4.78, 5) is 38.4. The van der Waals surface area contributed by atoms with Gasteiger partial charge in [0.15, 0.2) is 5.78 Å². The van der Waals surface area contributed by atoms with Crippen LogP contribution in [-0.2, 0) is 24.2 Å². The summed E-state index contributed by atoms with van der Waals surface area (Å²) in [6.07, 6.45) is 9.42. The molecule has 1 aliphatic carbocycles. The van der Waals surface area contributed by atoms with E-state index in [2.05, 4.69) is 48.3 Å². The Morgan fingerprint density at radius 3 is 2.74 bits per heavy atom. The van der Waals surface area contributed by atoms with Crippen molar-refractivity contribution in [3.05, 3.63) is 74.1 Å². The van der Waals surface area contributed by atoms with Crippen molar-refractivity contribution >= 4 is 34.4 Å². The fourth-order valence-electron chi connectivity index (χ4n) is 6.16. The smallest absolute Gasteiger partial charge is 0.254 e. The first-order chi connectivity index (χ1) is 18.4. The van der Waals surface area contributed by atoms with Gasteiger partial charge in [-0.1, -0.05) is 6.08 Å². The lowest BCUT2D eigenvalue weighted by atomic mass is 9.93. The van der Waals surface area contributed by atoms with Crippen LogP contribution in [0.4, 0.5) is 5.69 Å². The lowest BCUT2D eigenvalue weighted by molar-refractivity contribution is -0.114. The third-order valence-corrected chi connectivity index (χ3v) is 9.05. The van der Waals surface area contributed by atoms with Gasteiger partial charge in [0.1, 0.15) is 0 Å². The van der Waals surface area contributed by atoms with Crippen LogP contribution in [0.3, 0.4) is 0 Å². The maximum atomic E-state index is 13.2. The average molecular weight is 529 g/mol. The number of likely N-dealkylation sites (tertiary alicyclic amines) is 1. The molecule has 1 atom stereocenters. The quantitative estimate of drug-likeness (QED) is 0.494. The fraction of sp³-hybridized carbons (Fsp3) is 0.452. The number of aliphatic imine (C=N–C) groups is 1. The summed E-state index contributed by atoms with van der Waals surface area (Å²) in [6, 6.07) is 8.57. The van der Waals surface area contributed by atoms with E-state index in [1.165, 1.54) is 35.7 Å². The summed E-state index contributed by atoms with van der Waals surface area (Å²) in [5.74, 6) is 0.246. The van der Waals surface area contributed by atoms with Crippen molar-refractivity contribution in [2.24, 2.45) is 4.99 Å². The number of nitrogens with one attached hydrogen (secondary N) is 1. The molecule has 1 fully saturated rings. The fourth-order valence-corrected chi connectivity index (χ4v) is 7.17.